The Labute approximate surface area is 85.5 Å². The third-order valence-corrected chi connectivity index (χ3v) is 2.84. The first-order chi connectivity index (χ1) is 6.86. The highest BCUT2D eigenvalue weighted by Crippen LogP contribution is 2.19. The number of nitrogens with one attached hydrogen (secondary N) is 1. The summed E-state index contributed by atoms with van der Waals surface area (Å²) in [5, 5.41) is 3.53. The molecule has 78 valence electrons. The van der Waals surface area contributed by atoms with Crippen molar-refractivity contribution in [3.8, 4) is 0 Å². The van der Waals surface area contributed by atoms with Gasteiger partial charge in [-0.2, -0.15) is 0 Å². The van der Waals surface area contributed by atoms with E-state index in [0.717, 1.165) is 6.04 Å². The van der Waals surface area contributed by atoms with Crippen LogP contribution in [-0.2, 0) is 0 Å². The van der Waals surface area contributed by atoms with Crippen LogP contribution in [0.25, 0.3) is 0 Å². The summed E-state index contributed by atoms with van der Waals surface area (Å²) in [6.07, 6.45) is 11.1. The minimum atomic E-state index is 0.582. The van der Waals surface area contributed by atoms with Crippen LogP contribution in [0.5, 0.6) is 0 Å². The van der Waals surface area contributed by atoms with E-state index in [4.69, 9.17) is 0 Å². The van der Waals surface area contributed by atoms with Crippen molar-refractivity contribution in [1.82, 2.24) is 14.9 Å². The van der Waals surface area contributed by atoms with Gasteiger partial charge in [-0.25, -0.2) is 4.98 Å². The van der Waals surface area contributed by atoms with E-state index in [2.05, 4.69) is 21.8 Å². The van der Waals surface area contributed by atoms with E-state index in [0.29, 0.717) is 6.04 Å². The molecule has 0 radical (unpaired) electrons. The Hall–Kier alpha value is -0.830. The Bertz CT molecular complexity index is 252. The molecule has 1 aromatic rings. The Balaban J connectivity index is 1.59. The van der Waals surface area contributed by atoms with Gasteiger partial charge in [-0.3, -0.25) is 0 Å². The molecule has 0 amide bonds. The van der Waals surface area contributed by atoms with Gasteiger partial charge in [-0.15, -0.1) is 0 Å². The maximum atomic E-state index is 4.06. The lowest BCUT2D eigenvalue weighted by Crippen LogP contribution is -2.18. The molecule has 0 saturated heterocycles. The van der Waals surface area contributed by atoms with Crippen molar-refractivity contribution in [3.05, 3.63) is 18.7 Å². The van der Waals surface area contributed by atoms with E-state index in [9.17, 15) is 0 Å². The first-order valence-corrected chi connectivity index (χ1v) is 5.57. The highest BCUT2D eigenvalue weighted by atomic mass is 15.0. The molecule has 1 N–H and O–H groups in total. The van der Waals surface area contributed by atoms with Crippen LogP contribution in [0.4, 0.5) is 0 Å². The summed E-state index contributed by atoms with van der Waals surface area (Å²) >= 11 is 0. The van der Waals surface area contributed by atoms with Gasteiger partial charge in [0.2, 0.25) is 0 Å². The van der Waals surface area contributed by atoms with Gasteiger partial charge in [0.15, 0.2) is 0 Å². The van der Waals surface area contributed by atoms with Gasteiger partial charge in [-0.1, -0.05) is 0 Å². The summed E-state index contributed by atoms with van der Waals surface area (Å²) < 4.78 is 2.18. The van der Waals surface area contributed by atoms with Crippen molar-refractivity contribution in [1.29, 1.82) is 0 Å². The van der Waals surface area contributed by atoms with E-state index in [1.54, 1.807) is 0 Å². The molecule has 1 aliphatic carbocycles. The van der Waals surface area contributed by atoms with Gasteiger partial charge in [0.25, 0.3) is 0 Å². The Kier molecular flexibility index (Phi) is 3.19. The number of imidazole rings is 1. The van der Waals surface area contributed by atoms with Crippen LogP contribution in [0.1, 0.15) is 38.6 Å². The van der Waals surface area contributed by atoms with Crippen molar-refractivity contribution in [3.63, 3.8) is 0 Å². The third-order valence-electron chi connectivity index (χ3n) is 2.84. The Morgan fingerprint density at radius 1 is 1.57 bits per heavy atom. The second-order valence-electron chi connectivity index (χ2n) is 4.23. The number of hydrogen-bond acceptors (Lipinski definition) is 2. The number of aromatic nitrogens is 2. The van der Waals surface area contributed by atoms with Crippen LogP contribution in [-0.4, -0.2) is 22.1 Å². The average Bonchev–Trinajstić information content (AvgIpc) is 2.84. The highest BCUT2D eigenvalue weighted by molar-refractivity contribution is 4.81. The molecule has 1 aromatic heterocycles. The predicted octanol–water partition coefficient (Wildman–Crippen LogP) is 1.98. The summed E-state index contributed by atoms with van der Waals surface area (Å²) in [6, 6.07) is 1.43. The average molecular weight is 193 g/mol. The topological polar surface area (TPSA) is 29.9 Å². The van der Waals surface area contributed by atoms with Crippen LogP contribution in [0.3, 0.4) is 0 Å². The van der Waals surface area contributed by atoms with Crippen LogP contribution in [0.15, 0.2) is 18.7 Å². The van der Waals surface area contributed by atoms with Crippen molar-refractivity contribution in [2.75, 3.05) is 6.54 Å². The van der Waals surface area contributed by atoms with Gasteiger partial charge >= 0.3 is 0 Å². The summed E-state index contributed by atoms with van der Waals surface area (Å²) in [5.74, 6) is 0. The lowest BCUT2D eigenvalue weighted by molar-refractivity contribution is 0.475. The molecule has 1 heterocycles. The van der Waals surface area contributed by atoms with Gasteiger partial charge in [0, 0.05) is 24.5 Å². The quantitative estimate of drug-likeness (QED) is 0.700. The summed E-state index contributed by atoms with van der Waals surface area (Å²) in [4.78, 5) is 4.06. The first-order valence-electron chi connectivity index (χ1n) is 5.57. The normalized spacial score (nSPS) is 18.4. The van der Waals surface area contributed by atoms with Crippen molar-refractivity contribution in [2.45, 2.75) is 44.7 Å². The van der Waals surface area contributed by atoms with Crippen molar-refractivity contribution >= 4 is 0 Å². The summed E-state index contributed by atoms with van der Waals surface area (Å²) in [6.45, 7) is 3.42. The van der Waals surface area contributed by atoms with Crippen LogP contribution in [0, 0.1) is 0 Å². The fraction of sp³-hybridized carbons (Fsp3) is 0.727. The molecule has 0 aromatic carbocycles. The number of nitrogens with zero attached hydrogens (tertiary/aromatic N) is 2. The maximum Gasteiger partial charge on any atom is 0.0948 e. The second kappa shape index (κ2) is 4.60. The molecular formula is C11H19N3. The van der Waals surface area contributed by atoms with Crippen LogP contribution in [0.2, 0.25) is 0 Å². The fourth-order valence-electron chi connectivity index (χ4n) is 1.67. The van der Waals surface area contributed by atoms with E-state index >= 15 is 0 Å². The molecule has 1 atom stereocenters. The molecule has 2 rings (SSSR count). The first kappa shape index (κ1) is 9.71. The molecule has 1 unspecified atom stereocenters. The molecule has 3 heteroatoms. The Morgan fingerprint density at radius 3 is 3.07 bits per heavy atom. The van der Waals surface area contributed by atoms with Crippen molar-refractivity contribution in [2.24, 2.45) is 0 Å². The molecule has 1 aliphatic rings. The maximum absolute atomic E-state index is 4.06. The zero-order chi connectivity index (χ0) is 9.80. The minimum absolute atomic E-state index is 0.582. The summed E-state index contributed by atoms with van der Waals surface area (Å²) in [5.41, 5.74) is 0. The monoisotopic (exact) mass is 193 g/mol. The smallest absolute Gasteiger partial charge is 0.0948 e. The second-order valence-corrected chi connectivity index (χ2v) is 4.23. The highest BCUT2D eigenvalue weighted by Gasteiger charge is 2.19. The Morgan fingerprint density at radius 2 is 2.43 bits per heavy atom. The lowest BCUT2D eigenvalue weighted by atomic mass is 10.2. The van der Waals surface area contributed by atoms with Crippen molar-refractivity contribution < 1.29 is 0 Å². The van der Waals surface area contributed by atoms with Gasteiger partial charge in [0.1, 0.15) is 0 Å². The molecule has 1 fully saturated rings. The van der Waals surface area contributed by atoms with Gasteiger partial charge < -0.3 is 9.88 Å². The fourth-order valence-corrected chi connectivity index (χ4v) is 1.67. The standard InChI is InChI=1S/C11H19N3/c1-10(14-8-7-12-9-14)3-2-6-13-11-4-5-11/h7-11,13H,2-6H2,1H3. The molecule has 0 spiro atoms. The molecule has 0 aliphatic heterocycles. The molecule has 3 nitrogen and oxygen atoms in total. The predicted molar refractivity (Wildman–Crippen MR) is 57.2 cm³/mol. The number of rotatable bonds is 6. The van der Waals surface area contributed by atoms with E-state index < -0.39 is 0 Å². The van der Waals surface area contributed by atoms with E-state index in [1.165, 1.54) is 32.2 Å². The zero-order valence-electron chi connectivity index (χ0n) is 8.82. The summed E-state index contributed by atoms with van der Waals surface area (Å²) in [7, 11) is 0. The molecule has 0 bridgehead atoms. The van der Waals surface area contributed by atoms with Gasteiger partial charge in [0.05, 0.1) is 6.33 Å². The van der Waals surface area contributed by atoms with E-state index in [-0.39, 0.29) is 0 Å². The third kappa shape index (κ3) is 2.84. The van der Waals surface area contributed by atoms with E-state index in [1.807, 2.05) is 18.7 Å². The largest absolute Gasteiger partial charge is 0.335 e. The number of hydrogen-bond donors (Lipinski definition) is 1. The van der Waals surface area contributed by atoms with Crippen LogP contribution >= 0.6 is 0 Å². The molecular weight excluding hydrogens is 174 g/mol. The van der Waals surface area contributed by atoms with Gasteiger partial charge in [-0.05, 0) is 39.2 Å². The molecule has 1 saturated carbocycles. The molecule has 14 heavy (non-hydrogen) atoms. The van der Waals surface area contributed by atoms with Crippen LogP contribution < -0.4 is 5.32 Å². The minimum Gasteiger partial charge on any atom is -0.335 e. The SMILES string of the molecule is CC(CCCNC1CC1)n1ccnc1. The zero-order valence-corrected chi connectivity index (χ0v) is 8.82. The lowest BCUT2D eigenvalue weighted by Gasteiger charge is -2.12.